The average Bonchev–Trinajstić information content (AvgIpc) is 3.27. The highest BCUT2D eigenvalue weighted by Crippen LogP contribution is 2.25. The summed E-state index contributed by atoms with van der Waals surface area (Å²) in [6, 6.07) is 12.3. The number of para-hydroxylation sites is 1. The molecule has 1 aliphatic rings. The fraction of sp³-hybridized carbons (Fsp3) is 0.440. The first kappa shape index (κ1) is 24.4. The van der Waals surface area contributed by atoms with E-state index in [0.29, 0.717) is 22.2 Å². The lowest BCUT2D eigenvalue weighted by Crippen LogP contribution is -2.52. The maximum Gasteiger partial charge on any atom is 0.261 e. The molecular weight excluding hydrogens is 447 g/mol. The van der Waals surface area contributed by atoms with E-state index in [1.54, 1.807) is 23.1 Å². The zero-order chi connectivity index (χ0) is 23.1. The number of hydrogen-bond donors (Lipinski definition) is 1. The molecule has 172 valence electrons. The molecule has 1 fully saturated rings. The first-order valence-corrected chi connectivity index (χ1v) is 11.9. The van der Waals surface area contributed by atoms with Gasteiger partial charge in [0.15, 0.2) is 6.61 Å². The Labute approximate surface area is 200 Å². The van der Waals surface area contributed by atoms with Gasteiger partial charge >= 0.3 is 0 Å². The molecule has 32 heavy (non-hydrogen) atoms. The van der Waals surface area contributed by atoms with Gasteiger partial charge in [0, 0.05) is 22.6 Å². The third-order valence-corrected chi connectivity index (χ3v) is 6.47. The van der Waals surface area contributed by atoms with Crippen molar-refractivity contribution in [2.75, 3.05) is 6.61 Å². The molecule has 2 aromatic carbocycles. The first-order chi connectivity index (χ1) is 15.4. The van der Waals surface area contributed by atoms with Crippen molar-refractivity contribution in [1.82, 2.24) is 10.2 Å². The number of nitrogens with one attached hydrogen (secondary N) is 1. The summed E-state index contributed by atoms with van der Waals surface area (Å²) >= 11 is 12.4. The van der Waals surface area contributed by atoms with E-state index in [2.05, 4.69) is 5.32 Å². The number of hydrogen-bond acceptors (Lipinski definition) is 3. The molecule has 0 radical (unpaired) electrons. The van der Waals surface area contributed by atoms with Crippen molar-refractivity contribution in [2.24, 2.45) is 0 Å². The van der Waals surface area contributed by atoms with Crippen LogP contribution in [0, 0.1) is 6.92 Å². The molecule has 1 atom stereocenters. The number of ether oxygens (including phenoxy) is 1. The molecule has 1 N–H and O–H groups in total. The van der Waals surface area contributed by atoms with Crippen molar-refractivity contribution >= 4 is 35.0 Å². The number of carbonyl (C=O) groups is 2. The van der Waals surface area contributed by atoms with Gasteiger partial charge in [-0.15, -0.1) is 0 Å². The predicted molar refractivity (Wildman–Crippen MR) is 128 cm³/mol. The van der Waals surface area contributed by atoms with Gasteiger partial charge in [0.05, 0.1) is 0 Å². The Hall–Kier alpha value is -2.24. The van der Waals surface area contributed by atoms with Crippen molar-refractivity contribution in [3.8, 4) is 5.75 Å². The van der Waals surface area contributed by atoms with Crippen LogP contribution in [0.4, 0.5) is 0 Å². The number of rotatable bonds is 9. The number of aryl methyl sites for hydroxylation is 1. The van der Waals surface area contributed by atoms with Crippen LogP contribution in [0.15, 0.2) is 42.5 Å². The standard InChI is InChI=1S/C25H30Cl2N2O3/c1-3-22(25(31)28-20-9-5-6-10-20)29(15-18-12-13-19(26)14-21(18)27)24(30)16-32-23-11-7-4-8-17(23)2/h4,7-8,11-14,20,22H,3,5-6,9-10,15-16H2,1-2H3,(H,28,31)/t22-/m0/s1. The Bertz CT molecular complexity index is 945. The molecule has 5 nitrogen and oxygen atoms in total. The third kappa shape index (κ3) is 6.39. The number of carbonyl (C=O) groups excluding carboxylic acids is 2. The van der Waals surface area contributed by atoms with Gasteiger partial charge in [-0.1, -0.05) is 67.2 Å². The molecule has 0 aromatic heterocycles. The van der Waals surface area contributed by atoms with Crippen LogP contribution in [0.25, 0.3) is 0 Å². The lowest BCUT2D eigenvalue weighted by Gasteiger charge is -2.31. The Morgan fingerprint density at radius 3 is 2.53 bits per heavy atom. The van der Waals surface area contributed by atoms with E-state index in [-0.39, 0.29) is 31.0 Å². The second-order valence-electron chi connectivity index (χ2n) is 8.23. The van der Waals surface area contributed by atoms with Gasteiger partial charge < -0.3 is 15.0 Å². The topological polar surface area (TPSA) is 58.6 Å². The van der Waals surface area contributed by atoms with E-state index in [1.807, 2.05) is 38.1 Å². The van der Waals surface area contributed by atoms with E-state index in [9.17, 15) is 9.59 Å². The number of amides is 2. The normalized spacial score (nSPS) is 14.8. The number of benzene rings is 2. The smallest absolute Gasteiger partial charge is 0.261 e. The summed E-state index contributed by atoms with van der Waals surface area (Å²) in [5.41, 5.74) is 1.67. The van der Waals surface area contributed by atoms with Crippen LogP contribution < -0.4 is 10.1 Å². The minimum Gasteiger partial charge on any atom is -0.484 e. The molecule has 0 heterocycles. The number of halogens is 2. The fourth-order valence-corrected chi connectivity index (χ4v) is 4.53. The molecule has 0 saturated heterocycles. The molecule has 2 amide bonds. The molecule has 0 aliphatic heterocycles. The summed E-state index contributed by atoms with van der Waals surface area (Å²) in [5, 5.41) is 4.11. The zero-order valence-electron chi connectivity index (χ0n) is 18.6. The third-order valence-electron chi connectivity index (χ3n) is 5.89. The Morgan fingerprint density at radius 2 is 1.88 bits per heavy atom. The van der Waals surface area contributed by atoms with Gasteiger partial charge in [0.2, 0.25) is 5.91 Å². The molecular formula is C25H30Cl2N2O3. The molecule has 1 saturated carbocycles. The summed E-state index contributed by atoms with van der Waals surface area (Å²) < 4.78 is 5.80. The monoisotopic (exact) mass is 476 g/mol. The summed E-state index contributed by atoms with van der Waals surface area (Å²) in [7, 11) is 0. The Balaban J connectivity index is 1.80. The van der Waals surface area contributed by atoms with Gasteiger partial charge in [-0.2, -0.15) is 0 Å². The molecule has 1 aliphatic carbocycles. The quantitative estimate of drug-likeness (QED) is 0.516. The average molecular weight is 477 g/mol. The van der Waals surface area contributed by atoms with Gasteiger partial charge in [-0.25, -0.2) is 0 Å². The molecule has 0 bridgehead atoms. The van der Waals surface area contributed by atoms with Crippen molar-refractivity contribution in [2.45, 2.75) is 64.6 Å². The van der Waals surface area contributed by atoms with Crippen LogP contribution in [-0.2, 0) is 16.1 Å². The van der Waals surface area contributed by atoms with E-state index in [4.69, 9.17) is 27.9 Å². The van der Waals surface area contributed by atoms with E-state index < -0.39 is 6.04 Å². The second kappa shape index (κ2) is 11.6. The van der Waals surface area contributed by atoms with Gasteiger partial charge in [0.1, 0.15) is 11.8 Å². The summed E-state index contributed by atoms with van der Waals surface area (Å²) in [6.07, 6.45) is 4.69. The van der Waals surface area contributed by atoms with E-state index in [0.717, 1.165) is 36.8 Å². The zero-order valence-corrected chi connectivity index (χ0v) is 20.1. The fourth-order valence-electron chi connectivity index (χ4n) is 4.06. The van der Waals surface area contributed by atoms with Crippen molar-refractivity contribution in [1.29, 1.82) is 0 Å². The minimum atomic E-state index is -0.615. The molecule has 3 rings (SSSR count). The van der Waals surface area contributed by atoms with Crippen LogP contribution in [0.2, 0.25) is 10.0 Å². The predicted octanol–water partition coefficient (Wildman–Crippen LogP) is 5.55. The van der Waals surface area contributed by atoms with E-state index in [1.165, 1.54) is 0 Å². The Kier molecular flexibility index (Phi) is 8.83. The lowest BCUT2D eigenvalue weighted by molar-refractivity contribution is -0.143. The first-order valence-electron chi connectivity index (χ1n) is 11.1. The highest BCUT2D eigenvalue weighted by molar-refractivity contribution is 6.35. The molecule has 0 spiro atoms. The van der Waals surface area contributed by atoms with Crippen LogP contribution in [-0.4, -0.2) is 35.4 Å². The SMILES string of the molecule is CC[C@@H](C(=O)NC1CCCC1)N(Cc1ccc(Cl)cc1Cl)C(=O)COc1ccccc1C. The van der Waals surface area contributed by atoms with Crippen molar-refractivity contribution < 1.29 is 14.3 Å². The molecule has 0 unspecified atom stereocenters. The summed E-state index contributed by atoms with van der Waals surface area (Å²) in [5.74, 6) is 0.246. The Morgan fingerprint density at radius 1 is 1.16 bits per heavy atom. The molecule has 7 heteroatoms. The molecule has 2 aromatic rings. The van der Waals surface area contributed by atoms with E-state index >= 15 is 0 Å². The lowest BCUT2D eigenvalue weighted by atomic mass is 10.1. The summed E-state index contributed by atoms with van der Waals surface area (Å²) in [4.78, 5) is 28.0. The van der Waals surface area contributed by atoms with Crippen LogP contribution in [0.1, 0.15) is 50.2 Å². The van der Waals surface area contributed by atoms with Gasteiger partial charge in [-0.3, -0.25) is 9.59 Å². The largest absolute Gasteiger partial charge is 0.484 e. The van der Waals surface area contributed by atoms with Crippen LogP contribution >= 0.6 is 23.2 Å². The van der Waals surface area contributed by atoms with Crippen molar-refractivity contribution in [3.05, 3.63) is 63.6 Å². The van der Waals surface area contributed by atoms with Crippen LogP contribution in [0.3, 0.4) is 0 Å². The maximum atomic E-state index is 13.3. The maximum absolute atomic E-state index is 13.3. The van der Waals surface area contributed by atoms with Crippen molar-refractivity contribution in [3.63, 3.8) is 0 Å². The second-order valence-corrected chi connectivity index (χ2v) is 9.07. The summed E-state index contributed by atoms with van der Waals surface area (Å²) in [6.45, 7) is 3.87. The number of nitrogens with zero attached hydrogens (tertiary/aromatic N) is 1. The highest BCUT2D eigenvalue weighted by Gasteiger charge is 2.31. The van der Waals surface area contributed by atoms with Gasteiger partial charge in [0.25, 0.3) is 5.91 Å². The van der Waals surface area contributed by atoms with Gasteiger partial charge in [-0.05, 0) is 55.5 Å². The minimum absolute atomic E-state index is 0.131. The highest BCUT2D eigenvalue weighted by atomic mass is 35.5. The van der Waals surface area contributed by atoms with Crippen LogP contribution in [0.5, 0.6) is 5.75 Å².